The average molecular weight is 333 g/mol. The summed E-state index contributed by atoms with van der Waals surface area (Å²) >= 11 is 12.1. The van der Waals surface area contributed by atoms with E-state index in [9.17, 15) is 0 Å². The second-order valence-corrected chi connectivity index (χ2v) is 5.96. The highest BCUT2D eigenvalue weighted by Gasteiger charge is 2.50. The molecule has 2 saturated heterocycles. The van der Waals surface area contributed by atoms with Crippen molar-refractivity contribution in [1.29, 1.82) is 0 Å². The standard InChI is InChI=1S/C15H18Cl2O4/c1-18-12-6-11(14-13(7-16)20-15(12)21-14)19-8-9-4-2-3-5-10(9)17/h2-5,11-15H,6-8H2,1H3/t11-,12+,13-,14-,15?/m0/s1. The van der Waals surface area contributed by atoms with Gasteiger partial charge in [-0.2, -0.15) is 0 Å². The van der Waals surface area contributed by atoms with Crippen LogP contribution in [0, 0.1) is 0 Å². The molecule has 0 N–H and O–H groups in total. The Bertz CT molecular complexity index is 482. The highest BCUT2D eigenvalue weighted by atomic mass is 35.5. The number of alkyl halides is 1. The van der Waals surface area contributed by atoms with Crippen LogP contribution in [0.1, 0.15) is 12.0 Å². The molecule has 5 atom stereocenters. The summed E-state index contributed by atoms with van der Waals surface area (Å²) < 4.78 is 23.0. The molecule has 116 valence electrons. The summed E-state index contributed by atoms with van der Waals surface area (Å²) in [6.45, 7) is 0.431. The van der Waals surface area contributed by atoms with Gasteiger partial charge in [0.2, 0.25) is 0 Å². The molecule has 2 aliphatic rings. The fourth-order valence-electron chi connectivity index (χ4n) is 2.81. The van der Waals surface area contributed by atoms with Crippen molar-refractivity contribution in [1.82, 2.24) is 0 Å². The van der Waals surface area contributed by atoms with E-state index < -0.39 is 0 Å². The number of halogens is 2. The van der Waals surface area contributed by atoms with Crippen LogP contribution in [0.15, 0.2) is 24.3 Å². The first-order valence-electron chi connectivity index (χ1n) is 6.97. The molecule has 6 heteroatoms. The van der Waals surface area contributed by atoms with E-state index in [1.54, 1.807) is 7.11 Å². The number of hydrogen-bond donors (Lipinski definition) is 0. The molecule has 0 aromatic heterocycles. The van der Waals surface area contributed by atoms with E-state index in [2.05, 4.69) is 0 Å². The van der Waals surface area contributed by atoms with Crippen molar-refractivity contribution in [2.75, 3.05) is 13.0 Å². The quantitative estimate of drug-likeness (QED) is 0.777. The summed E-state index contributed by atoms with van der Waals surface area (Å²) in [5.74, 6) is 0.379. The van der Waals surface area contributed by atoms with Crippen molar-refractivity contribution in [3.63, 3.8) is 0 Å². The van der Waals surface area contributed by atoms with Crippen LogP contribution >= 0.6 is 23.2 Å². The summed E-state index contributed by atoms with van der Waals surface area (Å²) in [6, 6.07) is 7.64. The van der Waals surface area contributed by atoms with Gasteiger partial charge in [0, 0.05) is 18.6 Å². The third-order valence-corrected chi connectivity index (χ3v) is 4.64. The van der Waals surface area contributed by atoms with Crippen LogP contribution in [-0.4, -0.2) is 43.7 Å². The smallest absolute Gasteiger partial charge is 0.184 e. The van der Waals surface area contributed by atoms with Gasteiger partial charge in [-0.15, -0.1) is 11.6 Å². The Kier molecular flexibility index (Phi) is 5.04. The van der Waals surface area contributed by atoms with E-state index in [1.165, 1.54) is 0 Å². The second-order valence-electron chi connectivity index (χ2n) is 5.25. The molecule has 0 saturated carbocycles. The van der Waals surface area contributed by atoms with Crippen molar-refractivity contribution in [2.45, 2.75) is 43.7 Å². The van der Waals surface area contributed by atoms with Crippen LogP contribution < -0.4 is 0 Å². The summed E-state index contributed by atoms with van der Waals surface area (Å²) in [6.07, 6.45) is -0.179. The maximum Gasteiger partial charge on any atom is 0.184 e. The van der Waals surface area contributed by atoms with Gasteiger partial charge in [0.1, 0.15) is 18.3 Å². The highest BCUT2D eigenvalue weighted by molar-refractivity contribution is 6.31. The van der Waals surface area contributed by atoms with Crippen molar-refractivity contribution >= 4 is 23.2 Å². The molecule has 2 bridgehead atoms. The number of ether oxygens (including phenoxy) is 4. The van der Waals surface area contributed by atoms with E-state index in [0.29, 0.717) is 17.5 Å². The van der Waals surface area contributed by atoms with E-state index in [4.69, 9.17) is 42.1 Å². The Labute approximate surface area is 134 Å². The first kappa shape index (κ1) is 15.5. The van der Waals surface area contributed by atoms with Gasteiger partial charge in [-0.05, 0) is 11.6 Å². The number of hydrogen-bond acceptors (Lipinski definition) is 4. The van der Waals surface area contributed by atoms with Crippen molar-refractivity contribution in [3.05, 3.63) is 34.9 Å². The van der Waals surface area contributed by atoms with Crippen LogP contribution in [0.5, 0.6) is 0 Å². The molecule has 0 amide bonds. The van der Waals surface area contributed by atoms with Gasteiger partial charge in [-0.1, -0.05) is 29.8 Å². The van der Waals surface area contributed by atoms with Gasteiger partial charge in [-0.3, -0.25) is 0 Å². The minimum atomic E-state index is -0.344. The third-order valence-electron chi connectivity index (χ3n) is 3.97. The SMILES string of the molecule is CO[C@@H]1C[C@H](OCc2ccccc2Cl)[C@@H]2OC1O[C@H]2CCl. The van der Waals surface area contributed by atoms with Crippen LogP contribution in [0.2, 0.25) is 5.02 Å². The van der Waals surface area contributed by atoms with Gasteiger partial charge in [0.05, 0.1) is 18.6 Å². The first-order valence-corrected chi connectivity index (χ1v) is 7.89. The number of fused-ring (bicyclic) bond motifs is 2. The zero-order valence-corrected chi connectivity index (χ0v) is 13.2. The largest absolute Gasteiger partial charge is 0.376 e. The van der Waals surface area contributed by atoms with E-state index in [-0.39, 0.29) is 30.7 Å². The maximum atomic E-state index is 6.15. The van der Waals surface area contributed by atoms with Gasteiger partial charge < -0.3 is 18.9 Å². The van der Waals surface area contributed by atoms with Crippen molar-refractivity contribution in [3.8, 4) is 0 Å². The number of benzene rings is 1. The predicted molar refractivity (Wildman–Crippen MR) is 79.7 cm³/mol. The summed E-state index contributed by atoms with van der Waals surface area (Å²) in [5, 5.41) is 0.701. The summed E-state index contributed by atoms with van der Waals surface area (Å²) in [5.41, 5.74) is 0.955. The molecule has 4 nitrogen and oxygen atoms in total. The van der Waals surface area contributed by atoms with Crippen molar-refractivity contribution in [2.24, 2.45) is 0 Å². The van der Waals surface area contributed by atoms with Crippen LogP contribution in [-0.2, 0) is 25.6 Å². The van der Waals surface area contributed by atoms with Gasteiger partial charge >= 0.3 is 0 Å². The van der Waals surface area contributed by atoms with E-state index in [1.807, 2.05) is 24.3 Å². The second kappa shape index (κ2) is 6.82. The predicted octanol–water partition coefficient (Wildman–Crippen LogP) is 2.99. The highest BCUT2D eigenvalue weighted by Crippen LogP contribution is 2.36. The fraction of sp³-hybridized carbons (Fsp3) is 0.600. The lowest BCUT2D eigenvalue weighted by Gasteiger charge is -2.33. The number of methoxy groups -OCH3 is 1. The van der Waals surface area contributed by atoms with Gasteiger partial charge in [0.15, 0.2) is 6.29 Å². The Balaban J connectivity index is 1.67. The molecule has 2 heterocycles. The normalized spacial score (nSPS) is 35.1. The van der Waals surface area contributed by atoms with Crippen LogP contribution in [0.3, 0.4) is 0 Å². The molecule has 3 rings (SSSR count). The molecule has 21 heavy (non-hydrogen) atoms. The third kappa shape index (κ3) is 3.21. The molecule has 0 aliphatic carbocycles. The van der Waals surface area contributed by atoms with Gasteiger partial charge in [0.25, 0.3) is 0 Å². The van der Waals surface area contributed by atoms with Crippen LogP contribution in [0.4, 0.5) is 0 Å². The minimum Gasteiger partial charge on any atom is -0.376 e. The molecule has 0 spiro atoms. The van der Waals surface area contributed by atoms with E-state index >= 15 is 0 Å². The Morgan fingerprint density at radius 3 is 2.76 bits per heavy atom. The zero-order chi connectivity index (χ0) is 14.8. The van der Waals surface area contributed by atoms with Crippen molar-refractivity contribution < 1.29 is 18.9 Å². The summed E-state index contributed by atoms with van der Waals surface area (Å²) in [4.78, 5) is 0. The monoisotopic (exact) mass is 332 g/mol. The molecule has 1 unspecified atom stereocenters. The van der Waals surface area contributed by atoms with Gasteiger partial charge in [-0.25, -0.2) is 0 Å². The molecular weight excluding hydrogens is 315 g/mol. The topological polar surface area (TPSA) is 36.9 Å². The molecule has 2 fully saturated rings. The lowest BCUT2D eigenvalue weighted by Crippen LogP contribution is -2.45. The average Bonchev–Trinajstić information content (AvgIpc) is 2.87. The lowest BCUT2D eigenvalue weighted by atomic mass is 10.0. The number of rotatable bonds is 5. The Hall–Kier alpha value is -0.360. The van der Waals surface area contributed by atoms with E-state index in [0.717, 1.165) is 12.0 Å². The maximum absolute atomic E-state index is 6.15. The van der Waals surface area contributed by atoms with Crippen LogP contribution in [0.25, 0.3) is 0 Å². The molecular formula is C15H18Cl2O4. The molecule has 2 aliphatic heterocycles. The Morgan fingerprint density at radius 1 is 1.24 bits per heavy atom. The Morgan fingerprint density at radius 2 is 2.05 bits per heavy atom. The fourth-order valence-corrected chi connectivity index (χ4v) is 3.25. The summed E-state index contributed by atoms with van der Waals surface area (Å²) in [7, 11) is 1.65. The molecule has 1 aromatic carbocycles. The molecule has 1 aromatic rings. The zero-order valence-electron chi connectivity index (χ0n) is 11.7. The first-order chi connectivity index (χ1) is 10.2. The molecule has 0 radical (unpaired) electrons. The minimum absolute atomic E-state index is 0.117. The lowest BCUT2D eigenvalue weighted by molar-refractivity contribution is -0.201.